The van der Waals surface area contributed by atoms with E-state index in [-0.39, 0.29) is 0 Å². The lowest BCUT2D eigenvalue weighted by Crippen LogP contribution is -2.18. The van der Waals surface area contributed by atoms with Crippen LogP contribution >= 0.6 is 0 Å². The lowest BCUT2D eigenvalue weighted by Gasteiger charge is -2.08. The fourth-order valence-corrected chi connectivity index (χ4v) is 3.58. The van der Waals surface area contributed by atoms with Crippen LogP contribution in [0.4, 0.5) is 0 Å². The highest BCUT2D eigenvalue weighted by Gasteiger charge is 2.03. The van der Waals surface area contributed by atoms with Gasteiger partial charge in [0.25, 0.3) is 0 Å². The second-order valence-electron chi connectivity index (χ2n) is 7.87. The molecule has 4 heterocycles. The first-order valence-corrected chi connectivity index (χ1v) is 11.5. The van der Waals surface area contributed by atoms with Gasteiger partial charge in [-0.1, -0.05) is 30.7 Å². The molecule has 0 atom stereocenters. The highest BCUT2D eigenvalue weighted by atomic mass is 14.9. The van der Waals surface area contributed by atoms with Crippen LogP contribution in [-0.4, -0.2) is 33.0 Å². The topological polar surface area (TPSA) is 75.6 Å². The molecule has 0 saturated carbocycles. The van der Waals surface area contributed by atoms with E-state index in [4.69, 9.17) is 9.97 Å². The first kappa shape index (κ1) is 22.7. The van der Waals surface area contributed by atoms with Gasteiger partial charge in [0.2, 0.25) is 0 Å². The van der Waals surface area contributed by atoms with Gasteiger partial charge in [-0.3, -0.25) is 9.97 Å². The highest BCUT2D eigenvalue weighted by Crippen LogP contribution is 2.14. The fraction of sp³-hybridized carbons (Fsp3) is 0.259. The lowest BCUT2D eigenvalue weighted by atomic mass is 10.2. The zero-order valence-corrected chi connectivity index (χ0v) is 18.8. The molecule has 4 aromatic rings. The number of hydrogen-bond donors (Lipinski definition) is 2. The van der Waals surface area contributed by atoms with Crippen LogP contribution in [0.3, 0.4) is 0 Å². The lowest BCUT2D eigenvalue weighted by molar-refractivity contribution is 0.567. The van der Waals surface area contributed by atoms with Crippen LogP contribution in [0.25, 0.3) is 22.8 Å². The molecule has 0 aliphatic heterocycles. The normalized spacial score (nSPS) is 10.9. The summed E-state index contributed by atoms with van der Waals surface area (Å²) in [5.41, 5.74) is 5.73. The largest absolute Gasteiger partial charge is 0.311 e. The van der Waals surface area contributed by atoms with Crippen molar-refractivity contribution < 1.29 is 0 Å². The maximum absolute atomic E-state index is 4.71. The molecule has 0 aliphatic rings. The second kappa shape index (κ2) is 12.5. The number of nitrogens with zero attached hydrogens (tertiary/aromatic N) is 4. The summed E-state index contributed by atoms with van der Waals surface area (Å²) in [5.74, 6) is 0. The molecular weight excluding hydrogens is 408 g/mol. The van der Waals surface area contributed by atoms with Crippen molar-refractivity contribution in [3.05, 3.63) is 96.6 Å². The standard InChI is InChI=1S/C27H30N6/c1(4-16-28-20-22-10-8-14-26(32-22)24-12-2-6-18-30-24)5-17-29-21-23-11-9-15-27(33-23)25-13-3-7-19-31-25/h2-3,6-15,18-19,28-29H,1,4-5,16-17,20-21H2. The minimum absolute atomic E-state index is 0.775. The Labute approximate surface area is 195 Å². The predicted molar refractivity (Wildman–Crippen MR) is 132 cm³/mol. The van der Waals surface area contributed by atoms with Crippen molar-refractivity contribution in [2.24, 2.45) is 0 Å². The number of pyridine rings is 4. The van der Waals surface area contributed by atoms with Crippen molar-refractivity contribution in [3.8, 4) is 22.8 Å². The molecule has 0 fully saturated rings. The van der Waals surface area contributed by atoms with E-state index < -0.39 is 0 Å². The van der Waals surface area contributed by atoms with E-state index >= 15 is 0 Å². The second-order valence-corrected chi connectivity index (χ2v) is 7.87. The molecule has 0 saturated heterocycles. The van der Waals surface area contributed by atoms with Gasteiger partial charge in [-0.15, -0.1) is 0 Å². The summed E-state index contributed by atoms with van der Waals surface area (Å²) in [6.45, 7) is 3.53. The Hall–Kier alpha value is -3.48. The summed E-state index contributed by atoms with van der Waals surface area (Å²) in [4.78, 5) is 18.2. The van der Waals surface area contributed by atoms with Crippen molar-refractivity contribution in [1.29, 1.82) is 0 Å². The summed E-state index contributed by atoms with van der Waals surface area (Å²) in [6.07, 6.45) is 7.08. The van der Waals surface area contributed by atoms with Gasteiger partial charge in [0.15, 0.2) is 0 Å². The molecule has 4 aromatic heterocycles. The average molecular weight is 439 g/mol. The highest BCUT2D eigenvalue weighted by molar-refractivity contribution is 5.54. The van der Waals surface area contributed by atoms with E-state index in [1.165, 1.54) is 6.42 Å². The van der Waals surface area contributed by atoms with Crippen molar-refractivity contribution >= 4 is 0 Å². The molecule has 0 bridgehead atoms. The molecule has 0 spiro atoms. The van der Waals surface area contributed by atoms with Crippen LogP contribution in [0, 0.1) is 0 Å². The first-order chi connectivity index (χ1) is 16.4. The number of aromatic nitrogens is 4. The number of unbranched alkanes of at least 4 members (excludes halogenated alkanes) is 2. The molecule has 2 N–H and O–H groups in total. The maximum atomic E-state index is 4.71. The Morgan fingerprint density at radius 2 is 0.970 bits per heavy atom. The molecule has 33 heavy (non-hydrogen) atoms. The Morgan fingerprint density at radius 1 is 0.485 bits per heavy atom. The molecule has 6 nitrogen and oxygen atoms in total. The molecule has 0 aromatic carbocycles. The quantitative estimate of drug-likeness (QED) is 0.314. The van der Waals surface area contributed by atoms with Gasteiger partial charge in [-0.25, -0.2) is 9.97 Å². The van der Waals surface area contributed by atoms with Crippen molar-refractivity contribution in [2.45, 2.75) is 32.4 Å². The van der Waals surface area contributed by atoms with Crippen molar-refractivity contribution in [2.75, 3.05) is 13.1 Å². The molecule has 0 unspecified atom stereocenters. The molecular formula is C27H30N6. The van der Waals surface area contributed by atoms with E-state index in [0.29, 0.717) is 0 Å². The zero-order chi connectivity index (χ0) is 22.6. The van der Waals surface area contributed by atoms with E-state index in [9.17, 15) is 0 Å². The summed E-state index contributed by atoms with van der Waals surface area (Å²) < 4.78 is 0. The molecule has 168 valence electrons. The Bertz CT molecular complexity index is 1010. The molecule has 0 amide bonds. The summed E-state index contributed by atoms with van der Waals surface area (Å²) in [7, 11) is 0. The van der Waals surface area contributed by atoms with E-state index in [1.807, 2.05) is 60.7 Å². The van der Waals surface area contributed by atoms with E-state index in [2.05, 4.69) is 32.7 Å². The van der Waals surface area contributed by atoms with Gasteiger partial charge in [0.05, 0.1) is 34.2 Å². The third kappa shape index (κ3) is 7.27. The third-order valence-corrected chi connectivity index (χ3v) is 5.29. The Balaban J connectivity index is 1.09. The summed E-state index contributed by atoms with van der Waals surface area (Å²) >= 11 is 0. The van der Waals surface area contributed by atoms with E-state index in [1.54, 1.807) is 12.4 Å². The Morgan fingerprint density at radius 3 is 1.42 bits per heavy atom. The van der Waals surface area contributed by atoms with Crippen LogP contribution in [0.2, 0.25) is 0 Å². The van der Waals surface area contributed by atoms with Gasteiger partial charge < -0.3 is 10.6 Å². The van der Waals surface area contributed by atoms with Crippen LogP contribution < -0.4 is 10.6 Å². The minimum atomic E-state index is 0.775. The van der Waals surface area contributed by atoms with Gasteiger partial charge in [-0.2, -0.15) is 0 Å². The molecule has 4 rings (SSSR count). The van der Waals surface area contributed by atoms with Gasteiger partial charge in [-0.05, 0) is 74.5 Å². The van der Waals surface area contributed by atoms with Crippen LogP contribution in [0.15, 0.2) is 85.2 Å². The van der Waals surface area contributed by atoms with Crippen molar-refractivity contribution in [3.63, 3.8) is 0 Å². The Kier molecular flexibility index (Phi) is 8.62. The molecule has 6 heteroatoms. The van der Waals surface area contributed by atoms with Crippen LogP contribution in [0.5, 0.6) is 0 Å². The van der Waals surface area contributed by atoms with E-state index in [0.717, 1.165) is 73.2 Å². The molecule has 0 radical (unpaired) electrons. The smallest absolute Gasteiger partial charge is 0.0890 e. The first-order valence-electron chi connectivity index (χ1n) is 11.5. The number of hydrogen-bond acceptors (Lipinski definition) is 6. The number of nitrogens with one attached hydrogen (secondary N) is 2. The zero-order valence-electron chi connectivity index (χ0n) is 18.8. The van der Waals surface area contributed by atoms with Crippen LogP contribution in [-0.2, 0) is 13.1 Å². The summed E-state index contributed by atoms with van der Waals surface area (Å²) in [5, 5.41) is 7.00. The third-order valence-electron chi connectivity index (χ3n) is 5.29. The molecule has 0 aliphatic carbocycles. The SMILES string of the molecule is c1ccc(-c2cccc(CNCCCCCNCc3cccc(-c4ccccn4)n3)n2)nc1. The fourth-order valence-electron chi connectivity index (χ4n) is 3.58. The predicted octanol–water partition coefficient (Wildman–Crippen LogP) is 4.65. The average Bonchev–Trinajstić information content (AvgIpc) is 2.89. The van der Waals surface area contributed by atoms with Crippen molar-refractivity contribution in [1.82, 2.24) is 30.6 Å². The van der Waals surface area contributed by atoms with Gasteiger partial charge in [0, 0.05) is 25.5 Å². The minimum Gasteiger partial charge on any atom is -0.311 e. The monoisotopic (exact) mass is 438 g/mol. The van der Waals surface area contributed by atoms with Gasteiger partial charge >= 0.3 is 0 Å². The maximum Gasteiger partial charge on any atom is 0.0890 e. The van der Waals surface area contributed by atoms with Gasteiger partial charge in [0.1, 0.15) is 0 Å². The number of rotatable bonds is 12. The summed E-state index contributed by atoms with van der Waals surface area (Å²) in [6, 6.07) is 24.0. The van der Waals surface area contributed by atoms with Crippen LogP contribution in [0.1, 0.15) is 30.7 Å².